The van der Waals surface area contributed by atoms with E-state index in [9.17, 15) is 4.39 Å². The Morgan fingerprint density at radius 1 is 1.38 bits per heavy atom. The lowest BCUT2D eigenvalue weighted by Gasteiger charge is -2.32. The molecule has 1 aromatic carbocycles. The molecule has 2 unspecified atom stereocenters. The van der Waals surface area contributed by atoms with E-state index in [-0.39, 0.29) is 18.0 Å². The average Bonchev–Trinajstić information content (AvgIpc) is 3.22. The minimum Gasteiger partial charge on any atom is -0.484 e. The highest BCUT2D eigenvalue weighted by molar-refractivity contribution is 5.39. The number of nitrogens with one attached hydrogen (secondary N) is 1. The van der Waals surface area contributed by atoms with E-state index in [1.807, 2.05) is 19.6 Å². The van der Waals surface area contributed by atoms with Gasteiger partial charge in [-0.15, -0.1) is 0 Å². The van der Waals surface area contributed by atoms with Crippen molar-refractivity contribution in [1.82, 2.24) is 14.9 Å². The van der Waals surface area contributed by atoms with E-state index in [4.69, 9.17) is 4.74 Å². The predicted molar refractivity (Wildman–Crippen MR) is 76.7 cm³/mol. The second-order valence-electron chi connectivity index (χ2n) is 5.82. The molecule has 0 bridgehead atoms. The third-order valence-corrected chi connectivity index (χ3v) is 4.38. The molecular formula is C16H18FN3O. The van der Waals surface area contributed by atoms with Gasteiger partial charge in [0.1, 0.15) is 17.7 Å². The Balaban J connectivity index is 1.70. The number of imidazole rings is 1. The Bertz CT molecular complexity index is 665. The summed E-state index contributed by atoms with van der Waals surface area (Å²) in [7, 11) is 1.93. The Morgan fingerprint density at radius 2 is 2.24 bits per heavy atom. The van der Waals surface area contributed by atoms with Gasteiger partial charge in [0, 0.05) is 30.1 Å². The van der Waals surface area contributed by atoms with Crippen LogP contribution in [0.3, 0.4) is 0 Å². The van der Waals surface area contributed by atoms with Crippen LogP contribution in [0.25, 0.3) is 0 Å². The van der Waals surface area contributed by atoms with Gasteiger partial charge >= 0.3 is 0 Å². The summed E-state index contributed by atoms with van der Waals surface area (Å²) in [6, 6.07) is 5.50. The van der Waals surface area contributed by atoms with Crippen LogP contribution in [0.4, 0.5) is 4.39 Å². The Morgan fingerprint density at radius 3 is 3.00 bits per heavy atom. The predicted octanol–water partition coefficient (Wildman–Crippen LogP) is 3.14. The van der Waals surface area contributed by atoms with Crippen molar-refractivity contribution in [2.45, 2.75) is 37.5 Å². The van der Waals surface area contributed by atoms with E-state index >= 15 is 0 Å². The van der Waals surface area contributed by atoms with Crippen LogP contribution in [0.5, 0.6) is 5.75 Å². The SMILES string of the molecule is CNC1CC(c2cncn2C2CC2)Oc2cc(F)ccc21. The third-order valence-electron chi connectivity index (χ3n) is 4.38. The molecule has 5 heteroatoms. The topological polar surface area (TPSA) is 39.1 Å². The van der Waals surface area contributed by atoms with Crippen molar-refractivity contribution >= 4 is 0 Å². The highest BCUT2D eigenvalue weighted by Gasteiger charge is 2.33. The van der Waals surface area contributed by atoms with Crippen molar-refractivity contribution in [3.63, 3.8) is 0 Å². The van der Waals surface area contributed by atoms with Crippen molar-refractivity contribution < 1.29 is 9.13 Å². The van der Waals surface area contributed by atoms with Crippen LogP contribution in [0.15, 0.2) is 30.7 Å². The van der Waals surface area contributed by atoms with Crippen LogP contribution in [0.1, 0.15) is 48.7 Å². The maximum Gasteiger partial charge on any atom is 0.142 e. The second-order valence-corrected chi connectivity index (χ2v) is 5.82. The van der Waals surface area contributed by atoms with Gasteiger partial charge in [-0.2, -0.15) is 0 Å². The number of hydrogen-bond donors (Lipinski definition) is 1. The number of aromatic nitrogens is 2. The van der Waals surface area contributed by atoms with Gasteiger partial charge in [-0.05, 0) is 26.0 Å². The maximum absolute atomic E-state index is 13.5. The van der Waals surface area contributed by atoms with Crippen molar-refractivity contribution in [3.05, 3.63) is 47.8 Å². The molecule has 21 heavy (non-hydrogen) atoms. The van der Waals surface area contributed by atoms with Gasteiger partial charge in [0.15, 0.2) is 0 Å². The van der Waals surface area contributed by atoms with Gasteiger partial charge in [0.05, 0.1) is 18.2 Å². The molecule has 1 aromatic heterocycles. The average molecular weight is 287 g/mol. The maximum atomic E-state index is 13.5. The molecule has 2 heterocycles. The zero-order valence-electron chi connectivity index (χ0n) is 11.9. The molecule has 1 fully saturated rings. The molecule has 4 rings (SSSR count). The standard InChI is InChI=1S/C16H18FN3O/c1-18-13-7-16(14-8-19-9-20(14)11-3-4-11)21-15-6-10(17)2-5-12(13)15/h2,5-6,8-9,11,13,16,18H,3-4,7H2,1H3. The van der Waals surface area contributed by atoms with E-state index in [2.05, 4.69) is 14.9 Å². The highest BCUT2D eigenvalue weighted by Crippen LogP contribution is 2.43. The zero-order valence-corrected chi connectivity index (χ0v) is 11.9. The molecule has 2 aromatic rings. The van der Waals surface area contributed by atoms with E-state index in [1.165, 1.54) is 25.0 Å². The van der Waals surface area contributed by atoms with Crippen LogP contribution in [0.2, 0.25) is 0 Å². The summed E-state index contributed by atoms with van der Waals surface area (Å²) < 4.78 is 21.8. The van der Waals surface area contributed by atoms with E-state index < -0.39 is 0 Å². The summed E-state index contributed by atoms with van der Waals surface area (Å²) in [4.78, 5) is 4.27. The zero-order chi connectivity index (χ0) is 14.4. The number of fused-ring (bicyclic) bond motifs is 1. The lowest BCUT2D eigenvalue weighted by atomic mass is 9.95. The number of hydrogen-bond acceptors (Lipinski definition) is 3. The molecule has 0 spiro atoms. The Hall–Kier alpha value is -1.88. The van der Waals surface area contributed by atoms with Crippen molar-refractivity contribution in [1.29, 1.82) is 0 Å². The summed E-state index contributed by atoms with van der Waals surface area (Å²) in [5.41, 5.74) is 2.11. The van der Waals surface area contributed by atoms with E-state index in [0.717, 1.165) is 17.7 Å². The van der Waals surface area contributed by atoms with Crippen LogP contribution >= 0.6 is 0 Å². The molecule has 2 atom stereocenters. The van der Waals surface area contributed by atoms with Crippen LogP contribution in [0, 0.1) is 5.82 Å². The summed E-state index contributed by atoms with van der Waals surface area (Å²) >= 11 is 0. The molecule has 1 aliphatic carbocycles. The summed E-state index contributed by atoms with van der Waals surface area (Å²) in [5, 5.41) is 3.30. The highest BCUT2D eigenvalue weighted by atomic mass is 19.1. The molecule has 110 valence electrons. The Kier molecular flexibility index (Phi) is 2.96. The first kappa shape index (κ1) is 12.8. The number of nitrogens with zero attached hydrogens (tertiary/aromatic N) is 2. The number of ether oxygens (including phenoxy) is 1. The first-order chi connectivity index (χ1) is 10.3. The minimum atomic E-state index is -0.264. The summed E-state index contributed by atoms with van der Waals surface area (Å²) in [5.74, 6) is 0.370. The normalized spacial score (nSPS) is 24.5. The van der Waals surface area contributed by atoms with Crippen molar-refractivity contribution in [2.24, 2.45) is 0 Å². The van der Waals surface area contributed by atoms with Crippen molar-refractivity contribution in [2.75, 3.05) is 7.05 Å². The van der Waals surface area contributed by atoms with Gasteiger partial charge in [-0.3, -0.25) is 0 Å². The molecule has 0 amide bonds. The van der Waals surface area contributed by atoms with Gasteiger partial charge in [0.2, 0.25) is 0 Å². The molecule has 1 aliphatic heterocycles. The molecule has 1 saturated carbocycles. The smallest absolute Gasteiger partial charge is 0.142 e. The summed E-state index contributed by atoms with van der Waals surface area (Å²) in [6.45, 7) is 0. The third kappa shape index (κ3) is 2.21. The van der Waals surface area contributed by atoms with Crippen LogP contribution in [-0.4, -0.2) is 16.6 Å². The fraction of sp³-hybridized carbons (Fsp3) is 0.438. The fourth-order valence-corrected chi connectivity index (χ4v) is 3.12. The fourth-order valence-electron chi connectivity index (χ4n) is 3.12. The molecule has 4 nitrogen and oxygen atoms in total. The summed E-state index contributed by atoms with van der Waals surface area (Å²) in [6.07, 6.45) is 6.91. The monoisotopic (exact) mass is 287 g/mol. The van der Waals surface area contributed by atoms with E-state index in [1.54, 1.807) is 6.07 Å². The first-order valence-electron chi connectivity index (χ1n) is 7.41. The quantitative estimate of drug-likeness (QED) is 0.942. The largest absolute Gasteiger partial charge is 0.484 e. The molecular weight excluding hydrogens is 269 g/mol. The van der Waals surface area contributed by atoms with E-state index in [0.29, 0.717) is 11.8 Å². The van der Waals surface area contributed by atoms with Gasteiger partial charge in [0.25, 0.3) is 0 Å². The number of halogens is 1. The van der Waals surface area contributed by atoms with Crippen LogP contribution in [-0.2, 0) is 0 Å². The number of rotatable bonds is 3. The molecule has 1 N–H and O–H groups in total. The minimum absolute atomic E-state index is 0.0835. The lowest BCUT2D eigenvalue weighted by molar-refractivity contribution is 0.145. The Labute approximate surface area is 122 Å². The van der Waals surface area contributed by atoms with Crippen molar-refractivity contribution in [3.8, 4) is 5.75 Å². The van der Waals surface area contributed by atoms with Crippen LogP contribution < -0.4 is 10.1 Å². The van der Waals surface area contributed by atoms with Gasteiger partial charge in [-0.1, -0.05) is 6.07 Å². The van der Waals surface area contributed by atoms with Gasteiger partial charge < -0.3 is 14.6 Å². The number of benzene rings is 1. The molecule has 0 saturated heterocycles. The molecule has 0 radical (unpaired) electrons. The second kappa shape index (κ2) is 4.84. The molecule has 2 aliphatic rings. The van der Waals surface area contributed by atoms with Gasteiger partial charge in [-0.25, -0.2) is 9.37 Å². The first-order valence-corrected chi connectivity index (χ1v) is 7.41. The lowest BCUT2D eigenvalue weighted by Crippen LogP contribution is -2.28.